The molecule has 0 unspecified atom stereocenters. The van der Waals surface area contributed by atoms with Gasteiger partial charge in [0.25, 0.3) is 0 Å². The largest absolute Gasteiger partial charge is 0.313 e. The molecule has 1 fully saturated rings. The molecule has 0 saturated heterocycles. The molecule has 0 amide bonds. The first-order valence-corrected chi connectivity index (χ1v) is 6.64. The second-order valence-electron chi connectivity index (χ2n) is 5.21. The molecule has 0 heterocycles. The van der Waals surface area contributed by atoms with E-state index in [-0.39, 0.29) is 0 Å². The van der Waals surface area contributed by atoms with E-state index in [4.69, 9.17) is 0 Å². The van der Waals surface area contributed by atoms with E-state index >= 15 is 0 Å². The zero-order valence-corrected chi connectivity index (χ0v) is 10.8. The van der Waals surface area contributed by atoms with Crippen molar-refractivity contribution >= 4 is 0 Å². The summed E-state index contributed by atoms with van der Waals surface area (Å²) < 4.78 is 0. The molecule has 1 rings (SSSR count). The minimum Gasteiger partial charge on any atom is -0.313 e. The molecule has 0 aromatic heterocycles. The molecular weight excluding hydrogens is 184 g/mol. The highest BCUT2D eigenvalue weighted by molar-refractivity contribution is 4.75. The van der Waals surface area contributed by atoms with Gasteiger partial charge in [0.05, 0.1) is 0 Å². The van der Waals surface area contributed by atoms with E-state index in [0.29, 0.717) is 0 Å². The molecular formula is C13H28N2. The first-order chi connectivity index (χ1) is 7.22. The molecule has 2 nitrogen and oxygen atoms in total. The van der Waals surface area contributed by atoms with Gasteiger partial charge in [0, 0.05) is 19.1 Å². The summed E-state index contributed by atoms with van der Waals surface area (Å²) in [5.74, 6) is 0.964. The van der Waals surface area contributed by atoms with Gasteiger partial charge in [0.15, 0.2) is 0 Å². The maximum atomic E-state index is 3.69. The number of likely N-dealkylation sites (N-methyl/N-ethyl adjacent to an activating group) is 1. The quantitative estimate of drug-likeness (QED) is 0.728. The summed E-state index contributed by atoms with van der Waals surface area (Å²) in [4.78, 5) is 2.42. The van der Waals surface area contributed by atoms with Gasteiger partial charge >= 0.3 is 0 Å². The van der Waals surface area contributed by atoms with Crippen molar-refractivity contribution in [2.24, 2.45) is 5.92 Å². The van der Waals surface area contributed by atoms with Crippen LogP contribution in [0.2, 0.25) is 0 Å². The van der Waals surface area contributed by atoms with Crippen molar-refractivity contribution < 1.29 is 0 Å². The average Bonchev–Trinajstić information content (AvgIpc) is 2.21. The lowest BCUT2D eigenvalue weighted by molar-refractivity contribution is 0.282. The SMILES string of the molecule is CCCN(C)CCNC1CCC(C)CC1. The predicted molar refractivity (Wildman–Crippen MR) is 67.2 cm³/mol. The summed E-state index contributed by atoms with van der Waals surface area (Å²) in [6, 6.07) is 0.802. The lowest BCUT2D eigenvalue weighted by Gasteiger charge is -2.27. The molecule has 0 bridgehead atoms. The number of hydrogen-bond acceptors (Lipinski definition) is 2. The monoisotopic (exact) mass is 212 g/mol. The van der Waals surface area contributed by atoms with Crippen molar-refractivity contribution in [1.82, 2.24) is 10.2 Å². The maximum Gasteiger partial charge on any atom is 0.0104 e. The molecule has 0 aromatic carbocycles. The first kappa shape index (κ1) is 13.0. The van der Waals surface area contributed by atoms with Gasteiger partial charge in [-0.2, -0.15) is 0 Å². The zero-order valence-electron chi connectivity index (χ0n) is 10.8. The summed E-state index contributed by atoms with van der Waals surface area (Å²) in [5.41, 5.74) is 0. The van der Waals surface area contributed by atoms with E-state index in [0.717, 1.165) is 18.5 Å². The van der Waals surface area contributed by atoms with E-state index < -0.39 is 0 Å². The van der Waals surface area contributed by atoms with Crippen molar-refractivity contribution in [3.63, 3.8) is 0 Å². The van der Waals surface area contributed by atoms with Crippen LogP contribution in [0.25, 0.3) is 0 Å². The van der Waals surface area contributed by atoms with Gasteiger partial charge in [-0.3, -0.25) is 0 Å². The Balaban J connectivity index is 2.00. The summed E-state index contributed by atoms with van der Waals surface area (Å²) in [6.07, 6.45) is 6.87. The average molecular weight is 212 g/mol. The van der Waals surface area contributed by atoms with Crippen LogP contribution in [0.4, 0.5) is 0 Å². The van der Waals surface area contributed by atoms with Crippen molar-refractivity contribution in [3.8, 4) is 0 Å². The first-order valence-electron chi connectivity index (χ1n) is 6.64. The van der Waals surface area contributed by atoms with Crippen molar-refractivity contribution in [2.45, 2.75) is 52.0 Å². The van der Waals surface area contributed by atoms with E-state index in [1.165, 1.54) is 45.2 Å². The topological polar surface area (TPSA) is 15.3 Å². The Labute approximate surface area is 95.4 Å². The van der Waals surface area contributed by atoms with Crippen LogP contribution < -0.4 is 5.32 Å². The fraction of sp³-hybridized carbons (Fsp3) is 1.00. The third-order valence-electron chi connectivity index (χ3n) is 3.55. The standard InChI is InChI=1S/C13H28N2/c1-4-10-15(3)11-9-14-13-7-5-12(2)6-8-13/h12-14H,4-11H2,1-3H3. The summed E-state index contributed by atoms with van der Waals surface area (Å²) in [5, 5.41) is 3.69. The molecule has 1 saturated carbocycles. The van der Waals surface area contributed by atoms with Crippen molar-refractivity contribution in [3.05, 3.63) is 0 Å². The highest BCUT2D eigenvalue weighted by Gasteiger charge is 2.17. The van der Waals surface area contributed by atoms with Crippen LogP contribution in [0.5, 0.6) is 0 Å². The predicted octanol–water partition coefficient (Wildman–Crippen LogP) is 2.50. The Morgan fingerprint density at radius 1 is 1.13 bits per heavy atom. The summed E-state index contributed by atoms with van der Waals surface area (Å²) >= 11 is 0. The second-order valence-corrected chi connectivity index (χ2v) is 5.21. The number of hydrogen-bond donors (Lipinski definition) is 1. The Bertz CT molecular complexity index is 151. The van der Waals surface area contributed by atoms with Gasteiger partial charge in [-0.05, 0) is 51.6 Å². The van der Waals surface area contributed by atoms with Gasteiger partial charge < -0.3 is 10.2 Å². The Morgan fingerprint density at radius 3 is 2.40 bits per heavy atom. The summed E-state index contributed by atoms with van der Waals surface area (Å²) in [6.45, 7) is 8.20. The van der Waals surface area contributed by atoms with Gasteiger partial charge in [0.2, 0.25) is 0 Å². The maximum absolute atomic E-state index is 3.69. The Kier molecular flexibility index (Phi) is 6.26. The molecule has 0 aromatic rings. The van der Waals surface area contributed by atoms with Crippen LogP contribution in [0.3, 0.4) is 0 Å². The van der Waals surface area contributed by atoms with Crippen molar-refractivity contribution in [2.75, 3.05) is 26.7 Å². The highest BCUT2D eigenvalue weighted by atomic mass is 15.1. The van der Waals surface area contributed by atoms with Crippen LogP contribution in [0.1, 0.15) is 46.0 Å². The smallest absolute Gasteiger partial charge is 0.0104 e. The lowest BCUT2D eigenvalue weighted by atomic mass is 9.87. The summed E-state index contributed by atoms with van der Waals surface area (Å²) in [7, 11) is 2.22. The molecule has 0 atom stereocenters. The lowest BCUT2D eigenvalue weighted by Crippen LogP contribution is -2.38. The van der Waals surface area contributed by atoms with Crippen LogP contribution >= 0.6 is 0 Å². The fourth-order valence-corrected chi connectivity index (χ4v) is 2.42. The Morgan fingerprint density at radius 2 is 1.80 bits per heavy atom. The zero-order chi connectivity index (χ0) is 11.1. The molecule has 1 aliphatic carbocycles. The number of nitrogens with zero attached hydrogens (tertiary/aromatic N) is 1. The molecule has 15 heavy (non-hydrogen) atoms. The van der Waals surface area contributed by atoms with E-state index in [9.17, 15) is 0 Å². The minimum atomic E-state index is 0.802. The highest BCUT2D eigenvalue weighted by Crippen LogP contribution is 2.23. The van der Waals surface area contributed by atoms with Gasteiger partial charge in [0.1, 0.15) is 0 Å². The van der Waals surface area contributed by atoms with E-state index in [1.807, 2.05) is 0 Å². The van der Waals surface area contributed by atoms with Crippen LogP contribution in [-0.2, 0) is 0 Å². The number of rotatable bonds is 6. The molecule has 0 aliphatic heterocycles. The number of nitrogens with one attached hydrogen (secondary N) is 1. The third kappa shape index (κ3) is 5.53. The molecule has 0 radical (unpaired) electrons. The van der Waals surface area contributed by atoms with E-state index in [2.05, 4.69) is 31.1 Å². The van der Waals surface area contributed by atoms with E-state index in [1.54, 1.807) is 0 Å². The Hall–Kier alpha value is -0.0800. The minimum absolute atomic E-state index is 0.802. The third-order valence-corrected chi connectivity index (χ3v) is 3.55. The van der Waals surface area contributed by atoms with Crippen molar-refractivity contribution in [1.29, 1.82) is 0 Å². The van der Waals surface area contributed by atoms with Gasteiger partial charge in [-0.1, -0.05) is 13.8 Å². The molecule has 1 aliphatic rings. The van der Waals surface area contributed by atoms with Gasteiger partial charge in [-0.25, -0.2) is 0 Å². The normalized spacial score (nSPS) is 27.2. The molecule has 0 spiro atoms. The molecule has 1 N–H and O–H groups in total. The van der Waals surface area contributed by atoms with Crippen LogP contribution in [0.15, 0.2) is 0 Å². The fourth-order valence-electron chi connectivity index (χ4n) is 2.42. The van der Waals surface area contributed by atoms with Gasteiger partial charge in [-0.15, -0.1) is 0 Å². The molecule has 90 valence electrons. The molecule has 2 heteroatoms. The van der Waals surface area contributed by atoms with Crippen LogP contribution in [0, 0.1) is 5.92 Å². The van der Waals surface area contributed by atoms with Crippen LogP contribution in [-0.4, -0.2) is 37.6 Å². The second kappa shape index (κ2) is 7.24.